The molecule has 3 rings (SSSR count). The fraction of sp³-hybridized carbons (Fsp3) is 0.304. The third-order valence-electron chi connectivity index (χ3n) is 4.91. The highest BCUT2D eigenvalue weighted by atomic mass is 32.2. The van der Waals surface area contributed by atoms with Crippen molar-refractivity contribution in [2.75, 3.05) is 24.3 Å². The van der Waals surface area contributed by atoms with Crippen molar-refractivity contribution in [3.63, 3.8) is 0 Å². The van der Waals surface area contributed by atoms with Crippen molar-refractivity contribution in [3.8, 4) is 5.75 Å². The molecule has 0 saturated carbocycles. The van der Waals surface area contributed by atoms with Gasteiger partial charge in [-0.1, -0.05) is 19.1 Å². The molecule has 1 heterocycles. The molecular weight excluding hydrogens is 440 g/mol. The van der Waals surface area contributed by atoms with Crippen LogP contribution in [-0.4, -0.2) is 32.0 Å². The summed E-state index contributed by atoms with van der Waals surface area (Å²) in [4.78, 5) is 9.00. The van der Waals surface area contributed by atoms with Crippen LogP contribution in [-0.2, 0) is 16.8 Å². The van der Waals surface area contributed by atoms with Crippen LogP contribution in [0.15, 0.2) is 42.6 Å². The Morgan fingerprint density at radius 2 is 1.58 bits per heavy atom. The van der Waals surface area contributed by atoms with E-state index in [1.54, 1.807) is 20.2 Å². The molecular formula is C23H30N6O3S. The summed E-state index contributed by atoms with van der Waals surface area (Å²) in [6.45, 7) is 8.19. The molecule has 9 nitrogen and oxygen atoms in total. The summed E-state index contributed by atoms with van der Waals surface area (Å²) < 4.78 is 33.8. The molecule has 0 unspecified atom stereocenters. The van der Waals surface area contributed by atoms with Crippen LogP contribution in [0.3, 0.4) is 0 Å². The highest BCUT2D eigenvalue weighted by molar-refractivity contribution is 7.87. The van der Waals surface area contributed by atoms with E-state index < -0.39 is 10.2 Å². The second-order valence-corrected chi connectivity index (χ2v) is 9.22. The summed E-state index contributed by atoms with van der Waals surface area (Å²) in [5.41, 5.74) is 5.50. The van der Waals surface area contributed by atoms with Crippen molar-refractivity contribution < 1.29 is 13.2 Å². The third kappa shape index (κ3) is 6.64. The Hall–Kier alpha value is -3.21. The first-order valence-corrected chi connectivity index (χ1v) is 12.0. The van der Waals surface area contributed by atoms with Gasteiger partial charge >= 0.3 is 0 Å². The Bertz CT molecular complexity index is 1190. The lowest BCUT2D eigenvalue weighted by molar-refractivity contribution is 0.408. The van der Waals surface area contributed by atoms with Gasteiger partial charge in [0.2, 0.25) is 5.95 Å². The molecule has 0 spiro atoms. The van der Waals surface area contributed by atoms with Gasteiger partial charge in [-0.15, -0.1) is 0 Å². The lowest BCUT2D eigenvalue weighted by atomic mass is 10.1. The minimum absolute atomic E-state index is 0.205. The van der Waals surface area contributed by atoms with Gasteiger partial charge in [0.1, 0.15) is 11.6 Å². The summed E-state index contributed by atoms with van der Waals surface area (Å²) in [7, 11) is -1.82. The minimum Gasteiger partial charge on any atom is -0.496 e. The Balaban J connectivity index is 1.70. The van der Waals surface area contributed by atoms with Crippen LogP contribution >= 0.6 is 0 Å². The fourth-order valence-electron chi connectivity index (χ4n) is 3.36. The maximum atomic E-state index is 11.7. The molecule has 0 amide bonds. The van der Waals surface area contributed by atoms with Gasteiger partial charge in [-0.25, -0.2) is 9.71 Å². The number of aromatic nitrogens is 2. The quantitative estimate of drug-likeness (QED) is 0.356. The lowest BCUT2D eigenvalue weighted by Crippen LogP contribution is -2.35. The molecule has 1 aromatic heterocycles. The molecule has 0 aliphatic rings. The van der Waals surface area contributed by atoms with Gasteiger partial charge in [0.05, 0.1) is 7.11 Å². The maximum absolute atomic E-state index is 11.7. The van der Waals surface area contributed by atoms with Gasteiger partial charge < -0.3 is 15.4 Å². The molecule has 0 atom stereocenters. The zero-order valence-corrected chi connectivity index (χ0v) is 20.3. The standard InChI is InChI=1S/C23H30N6O3S/c1-6-25-33(30,31)26-14-18-7-9-19(10-8-18)27-22-17(4)13-24-23(29-22)28-20-11-15(2)21(32-5)16(3)12-20/h7-13,25-26H,6,14H2,1-5H3,(H2,24,27,28,29). The summed E-state index contributed by atoms with van der Waals surface area (Å²) >= 11 is 0. The van der Waals surface area contributed by atoms with Crippen molar-refractivity contribution >= 4 is 33.4 Å². The number of aryl methyl sites for hydroxylation is 3. The highest BCUT2D eigenvalue weighted by Crippen LogP contribution is 2.28. The first-order valence-electron chi connectivity index (χ1n) is 10.6. The number of nitrogens with one attached hydrogen (secondary N) is 4. The topological polar surface area (TPSA) is 117 Å². The zero-order chi connectivity index (χ0) is 24.0. The number of hydrogen-bond donors (Lipinski definition) is 4. The van der Waals surface area contributed by atoms with E-state index in [1.807, 2.05) is 57.2 Å². The average Bonchev–Trinajstić information content (AvgIpc) is 2.75. The van der Waals surface area contributed by atoms with Crippen molar-refractivity contribution in [1.82, 2.24) is 19.4 Å². The first-order chi connectivity index (χ1) is 15.7. The van der Waals surface area contributed by atoms with E-state index in [2.05, 4.69) is 30.0 Å². The Morgan fingerprint density at radius 1 is 0.909 bits per heavy atom. The van der Waals surface area contributed by atoms with Gasteiger partial charge in [-0.05, 0) is 61.7 Å². The molecule has 0 bridgehead atoms. The zero-order valence-electron chi connectivity index (χ0n) is 19.5. The van der Waals surface area contributed by atoms with Crippen molar-refractivity contribution in [2.24, 2.45) is 0 Å². The van der Waals surface area contributed by atoms with E-state index >= 15 is 0 Å². The van der Waals surface area contributed by atoms with Gasteiger partial charge in [0.25, 0.3) is 10.2 Å². The Morgan fingerprint density at radius 3 is 2.18 bits per heavy atom. The normalized spacial score (nSPS) is 11.3. The molecule has 3 aromatic rings. The number of benzene rings is 2. The molecule has 0 aliphatic heterocycles. The van der Waals surface area contributed by atoms with Crippen LogP contribution in [0.1, 0.15) is 29.2 Å². The number of methoxy groups -OCH3 is 1. The van der Waals surface area contributed by atoms with Crippen LogP contribution in [0.25, 0.3) is 0 Å². The number of hydrogen-bond acceptors (Lipinski definition) is 7. The van der Waals surface area contributed by atoms with Gasteiger partial charge in [0, 0.05) is 36.2 Å². The van der Waals surface area contributed by atoms with Gasteiger partial charge in [-0.3, -0.25) is 0 Å². The molecule has 4 N–H and O–H groups in total. The van der Waals surface area contributed by atoms with Gasteiger partial charge in [0.15, 0.2) is 0 Å². The average molecular weight is 471 g/mol. The number of anilines is 4. The smallest absolute Gasteiger partial charge is 0.277 e. The van der Waals surface area contributed by atoms with E-state index in [4.69, 9.17) is 4.74 Å². The van der Waals surface area contributed by atoms with Crippen LogP contribution in [0, 0.1) is 20.8 Å². The summed E-state index contributed by atoms with van der Waals surface area (Å²) in [5.74, 6) is 2.02. The van der Waals surface area contributed by atoms with Crippen LogP contribution in [0.5, 0.6) is 5.75 Å². The van der Waals surface area contributed by atoms with Crippen LogP contribution in [0.2, 0.25) is 0 Å². The molecule has 2 aromatic carbocycles. The van der Waals surface area contributed by atoms with Crippen LogP contribution < -0.4 is 24.8 Å². The minimum atomic E-state index is -3.48. The SMILES string of the molecule is CCNS(=O)(=O)NCc1ccc(Nc2nc(Nc3cc(C)c(OC)c(C)c3)ncc2C)cc1. The fourth-order valence-corrected chi connectivity index (χ4v) is 4.20. The maximum Gasteiger partial charge on any atom is 0.277 e. The third-order valence-corrected chi connectivity index (χ3v) is 6.10. The van der Waals surface area contributed by atoms with Crippen molar-refractivity contribution in [3.05, 3.63) is 64.8 Å². The monoisotopic (exact) mass is 470 g/mol. The highest BCUT2D eigenvalue weighted by Gasteiger charge is 2.10. The first kappa shape index (κ1) is 24.4. The summed E-state index contributed by atoms with van der Waals surface area (Å²) in [5, 5.41) is 6.55. The molecule has 0 aliphatic carbocycles. The van der Waals surface area contributed by atoms with E-state index in [9.17, 15) is 8.42 Å². The molecule has 0 saturated heterocycles. The van der Waals surface area contributed by atoms with E-state index in [-0.39, 0.29) is 6.54 Å². The lowest BCUT2D eigenvalue weighted by Gasteiger charge is -2.14. The Labute approximate surface area is 195 Å². The molecule has 0 radical (unpaired) electrons. The summed E-state index contributed by atoms with van der Waals surface area (Å²) in [6, 6.07) is 11.4. The van der Waals surface area contributed by atoms with Crippen LogP contribution in [0.4, 0.5) is 23.1 Å². The van der Waals surface area contributed by atoms with E-state index in [0.717, 1.165) is 39.4 Å². The van der Waals surface area contributed by atoms with Crippen molar-refractivity contribution in [2.45, 2.75) is 34.2 Å². The van der Waals surface area contributed by atoms with E-state index in [1.165, 1.54) is 0 Å². The Kier molecular flexibility index (Phi) is 7.85. The molecule has 10 heteroatoms. The van der Waals surface area contributed by atoms with Crippen molar-refractivity contribution in [1.29, 1.82) is 0 Å². The predicted molar refractivity (Wildman–Crippen MR) is 132 cm³/mol. The number of ether oxygens (including phenoxy) is 1. The van der Waals surface area contributed by atoms with Gasteiger partial charge in [-0.2, -0.15) is 18.1 Å². The van der Waals surface area contributed by atoms with E-state index in [0.29, 0.717) is 18.3 Å². The number of rotatable bonds is 10. The molecule has 33 heavy (non-hydrogen) atoms. The predicted octanol–water partition coefficient (Wildman–Crippen LogP) is 3.84. The largest absolute Gasteiger partial charge is 0.496 e. The number of nitrogens with zero attached hydrogens (tertiary/aromatic N) is 2. The second kappa shape index (κ2) is 10.6. The molecule has 176 valence electrons. The second-order valence-electron chi connectivity index (χ2n) is 7.64. The summed E-state index contributed by atoms with van der Waals surface area (Å²) in [6.07, 6.45) is 1.75. The molecule has 0 fully saturated rings.